The zero-order valence-corrected chi connectivity index (χ0v) is 10.7. The van der Waals surface area contributed by atoms with E-state index < -0.39 is 0 Å². The van der Waals surface area contributed by atoms with E-state index in [0.29, 0.717) is 6.04 Å². The van der Waals surface area contributed by atoms with Gasteiger partial charge in [-0.3, -0.25) is 4.90 Å². The number of ether oxygens (including phenoxy) is 1. The van der Waals surface area contributed by atoms with Crippen molar-refractivity contribution >= 4 is 0 Å². The molecule has 1 saturated carbocycles. The van der Waals surface area contributed by atoms with Crippen molar-refractivity contribution in [1.82, 2.24) is 4.90 Å². The minimum absolute atomic E-state index is 0.458. The molecule has 0 radical (unpaired) electrons. The zero-order chi connectivity index (χ0) is 11.5. The molecule has 0 aromatic heterocycles. The van der Waals surface area contributed by atoms with Crippen LogP contribution >= 0.6 is 0 Å². The van der Waals surface area contributed by atoms with Crippen molar-refractivity contribution in [3.63, 3.8) is 0 Å². The van der Waals surface area contributed by atoms with Gasteiger partial charge in [-0.2, -0.15) is 0 Å². The highest BCUT2D eigenvalue weighted by atomic mass is 16.5. The van der Waals surface area contributed by atoms with Gasteiger partial charge in [0.25, 0.3) is 0 Å². The fourth-order valence-electron chi connectivity index (χ4n) is 3.17. The van der Waals surface area contributed by atoms with Crippen LogP contribution < -0.4 is 5.73 Å². The molecule has 2 rings (SSSR count). The van der Waals surface area contributed by atoms with Gasteiger partial charge in [-0.05, 0) is 31.1 Å². The highest BCUT2D eigenvalue weighted by Crippen LogP contribution is 2.33. The molecule has 4 atom stereocenters. The van der Waals surface area contributed by atoms with Crippen LogP contribution in [0.1, 0.15) is 33.1 Å². The molecule has 3 nitrogen and oxygen atoms in total. The van der Waals surface area contributed by atoms with Crippen molar-refractivity contribution in [2.24, 2.45) is 17.6 Å². The summed E-state index contributed by atoms with van der Waals surface area (Å²) in [5.41, 5.74) is 5.84. The molecule has 4 unspecified atom stereocenters. The van der Waals surface area contributed by atoms with Crippen molar-refractivity contribution in [1.29, 1.82) is 0 Å². The Hall–Kier alpha value is -0.120. The molecule has 1 aliphatic heterocycles. The first kappa shape index (κ1) is 12.3. The second-order valence-electron chi connectivity index (χ2n) is 5.62. The third-order valence-corrected chi connectivity index (χ3v) is 4.58. The maximum atomic E-state index is 5.84. The number of hydrogen-bond acceptors (Lipinski definition) is 3. The molecule has 16 heavy (non-hydrogen) atoms. The Morgan fingerprint density at radius 2 is 2.06 bits per heavy atom. The third-order valence-electron chi connectivity index (χ3n) is 4.58. The van der Waals surface area contributed by atoms with E-state index >= 15 is 0 Å². The lowest BCUT2D eigenvalue weighted by Gasteiger charge is -2.44. The lowest BCUT2D eigenvalue weighted by molar-refractivity contribution is -0.0402. The summed E-state index contributed by atoms with van der Waals surface area (Å²) in [6, 6.07) is 1.21. The number of morpholine rings is 1. The first-order chi connectivity index (χ1) is 7.72. The summed E-state index contributed by atoms with van der Waals surface area (Å²) < 4.78 is 5.52. The van der Waals surface area contributed by atoms with Crippen LogP contribution in [0.3, 0.4) is 0 Å². The Bertz CT molecular complexity index is 222. The lowest BCUT2D eigenvalue weighted by atomic mass is 9.78. The van der Waals surface area contributed by atoms with Crippen LogP contribution in [0.4, 0.5) is 0 Å². The van der Waals surface area contributed by atoms with Crippen LogP contribution in [-0.2, 0) is 4.74 Å². The van der Waals surface area contributed by atoms with Crippen LogP contribution in [0.25, 0.3) is 0 Å². The van der Waals surface area contributed by atoms with Gasteiger partial charge in [-0.1, -0.05) is 13.8 Å². The van der Waals surface area contributed by atoms with Gasteiger partial charge in [-0.25, -0.2) is 0 Å². The van der Waals surface area contributed by atoms with E-state index in [0.717, 1.165) is 44.2 Å². The van der Waals surface area contributed by atoms with Crippen molar-refractivity contribution in [2.45, 2.75) is 45.2 Å². The Morgan fingerprint density at radius 1 is 1.25 bits per heavy atom. The van der Waals surface area contributed by atoms with Crippen molar-refractivity contribution in [3.8, 4) is 0 Å². The summed E-state index contributed by atoms with van der Waals surface area (Å²) in [6.45, 7) is 8.32. The predicted molar refractivity (Wildman–Crippen MR) is 66.3 cm³/mol. The second kappa shape index (κ2) is 5.48. The molecular formula is C13H26N2O. The maximum Gasteiger partial charge on any atom is 0.0634 e. The number of nitrogens with zero attached hydrogens (tertiary/aromatic N) is 1. The Balaban J connectivity index is 1.95. The van der Waals surface area contributed by atoms with E-state index in [1.165, 1.54) is 19.3 Å². The molecule has 1 saturated heterocycles. The molecule has 2 N–H and O–H groups in total. The normalized spacial score (nSPS) is 42.2. The van der Waals surface area contributed by atoms with Crippen molar-refractivity contribution in [2.75, 3.05) is 26.3 Å². The topological polar surface area (TPSA) is 38.5 Å². The first-order valence-electron chi connectivity index (χ1n) is 6.76. The molecule has 94 valence electrons. The summed E-state index contributed by atoms with van der Waals surface area (Å²) in [6.07, 6.45) is 4.07. The van der Waals surface area contributed by atoms with Crippen molar-refractivity contribution < 1.29 is 4.74 Å². The van der Waals surface area contributed by atoms with Gasteiger partial charge in [0, 0.05) is 25.2 Å². The van der Waals surface area contributed by atoms with E-state index in [-0.39, 0.29) is 0 Å². The SMILES string of the molecule is CC1CCC(N2CCOCC2CN)CC1C. The van der Waals surface area contributed by atoms with Gasteiger partial charge in [-0.15, -0.1) is 0 Å². The molecule has 0 aromatic carbocycles. The third kappa shape index (κ3) is 2.58. The Kier molecular flexibility index (Phi) is 4.22. The minimum Gasteiger partial charge on any atom is -0.378 e. The molecule has 0 spiro atoms. The monoisotopic (exact) mass is 226 g/mol. The molecule has 0 aromatic rings. The zero-order valence-electron chi connectivity index (χ0n) is 10.7. The number of rotatable bonds is 2. The van der Waals surface area contributed by atoms with Gasteiger partial charge in [0.05, 0.1) is 13.2 Å². The molecule has 1 aliphatic carbocycles. The molecule has 0 bridgehead atoms. The summed E-state index contributed by atoms with van der Waals surface area (Å²) in [5.74, 6) is 1.76. The van der Waals surface area contributed by atoms with E-state index in [1.807, 2.05) is 0 Å². The number of nitrogens with two attached hydrogens (primary N) is 1. The summed E-state index contributed by atoms with van der Waals surface area (Å²) in [5, 5.41) is 0. The Labute approximate surface area is 99.3 Å². The van der Waals surface area contributed by atoms with Crippen LogP contribution in [0.15, 0.2) is 0 Å². The fourth-order valence-corrected chi connectivity index (χ4v) is 3.17. The molecule has 0 amide bonds. The van der Waals surface area contributed by atoms with Gasteiger partial charge in [0.1, 0.15) is 0 Å². The molecule has 3 heteroatoms. The van der Waals surface area contributed by atoms with Crippen LogP contribution in [0.5, 0.6) is 0 Å². The smallest absolute Gasteiger partial charge is 0.0634 e. The average molecular weight is 226 g/mol. The van der Waals surface area contributed by atoms with Crippen LogP contribution in [0, 0.1) is 11.8 Å². The summed E-state index contributed by atoms with van der Waals surface area (Å²) in [4.78, 5) is 2.62. The van der Waals surface area contributed by atoms with E-state index in [1.54, 1.807) is 0 Å². The molecule has 1 heterocycles. The van der Waals surface area contributed by atoms with Crippen molar-refractivity contribution in [3.05, 3.63) is 0 Å². The predicted octanol–water partition coefficient (Wildman–Crippen LogP) is 1.47. The van der Waals surface area contributed by atoms with Gasteiger partial charge < -0.3 is 10.5 Å². The highest BCUT2D eigenvalue weighted by molar-refractivity contribution is 4.87. The lowest BCUT2D eigenvalue weighted by Crippen LogP contribution is -2.55. The largest absolute Gasteiger partial charge is 0.378 e. The molecule has 2 aliphatic rings. The van der Waals surface area contributed by atoms with E-state index in [9.17, 15) is 0 Å². The minimum atomic E-state index is 0.458. The van der Waals surface area contributed by atoms with Crippen LogP contribution in [-0.4, -0.2) is 43.3 Å². The highest BCUT2D eigenvalue weighted by Gasteiger charge is 2.33. The fraction of sp³-hybridized carbons (Fsp3) is 1.00. The van der Waals surface area contributed by atoms with Gasteiger partial charge >= 0.3 is 0 Å². The quantitative estimate of drug-likeness (QED) is 0.775. The second-order valence-corrected chi connectivity index (χ2v) is 5.62. The van der Waals surface area contributed by atoms with Crippen LogP contribution in [0.2, 0.25) is 0 Å². The average Bonchev–Trinajstić information content (AvgIpc) is 2.32. The number of hydrogen-bond donors (Lipinski definition) is 1. The Morgan fingerprint density at radius 3 is 2.75 bits per heavy atom. The summed E-state index contributed by atoms with van der Waals surface area (Å²) >= 11 is 0. The molecule has 2 fully saturated rings. The summed E-state index contributed by atoms with van der Waals surface area (Å²) in [7, 11) is 0. The van der Waals surface area contributed by atoms with E-state index in [4.69, 9.17) is 10.5 Å². The van der Waals surface area contributed by atoms with E-state index in [2.05, 4.69) is 18.7 Å². The molecular weight excluding hydrogens is 200 g/mol. The first-order valence-corrected chi connectivity index (χ1v) is 6.76. The maximum absolute atomic E-state index is 5.84. The standard InChI is InChI=1S/C13H26N2O/c1-10-3-4-12(7-11(10)2)15-5-6-16-9-13(15)8-14/h10-13H,3-9,14H2,1-2H3. The van der Waals surface area contributed by atoms with Gasteiger partial charge in [0.2, 0.25) is 0 Å². The van der Waals surface area contributed by atoms with Gasteiger partial charge in [0.15, 0.2) is 0 Å².